The number of hydrogen-bond acceptors (Lipinski definition) is 7. The first-order chi connectivity index (χ1) is 15.2. The monoisotopic (exact) mass is 457 g/mol. The fourth-order valence-electron chi connectivity index (χ4n) is 3.95. The summed E-state index contributed by atoms with van der Waals surface area (Å²) in [6.45, 7) is 9.04. The van der Waals surface area contributed by atoms with Crippen molar-refractivity contribution >= 4 is 15.8 Å². The Balaban J connectivity index is 1.59. The molecule has 170 valence electrons. The van der Waals surface area contributed by atoms with E-state index in [0.717, 1.165) is 11.1 Å². The van der Waals surface area contributed by atoms with Crippen LogP contribution in [0.4, 0.5) is 5.82 Å². The molecular weight excluding hydrogens is 430 g/mol. The molecule has 0 saturated carbocycles. The Hall–Kier alpha value is -2.98. The molecular formula is C22H27N5O4S. The number of nitrogens with zero attached hydrogens (tertiary/aromatic N) is 5. The van der Waals surface area contributed by atoms with Gasteiger partial charge in [-0.3, -0.25) is 4.79 Å². The van der Waals surface area contributed by atoms with Gasteiger partial charge in [-0.15, -0.1) is 5.10 Å². The molecule has 2 aromatic heterocycles. The predicted octanol–water partition coefficient (Wildman–Crippen LogP) is 2.36. The predicted molar refractivity (Wildman–Crippen MR) is 121 cm³/mol. The van der Waals surface area contributed by atoms with Crippen LogP contribution < -0.4 is 10.5 Å². The van der Waals surface area contributed by atoms with E-state index in [1.807, 2.05) is 36.9 Å². The van der Waals surface area contributed by atoms with Crippen LogP contribution in [0, 0.1) is 27.7 Å². The highest BCUT2D eigenvalue weighted by molar-refractivity contribution is 7.89. The second-order valence-corrected chi connectivity index (χ2v) is 9.98. The van der Waals surface area contributed by atoms with Gasteiger partial charge in [0.1, 0.15) is 16.4 Å². The van der Waals surface area contributed by atoms with E-state index in [4.69, 9.17) is 4.52 Å². The second-order valence-electron chi connectivity index (χ2n) is 8.11. The first-order valence-corrected chi connectivity index (χ1v) is 12.0. The molecule has 0 aliphatic carbocycles. The summed E-state index contributed by atoms with van der Waals surface area (Å²) in [4.78, 5) is 14.6. The van der Waals surface area contributed by atoms with E-state index < -0.39 is 10.0 Å². The molecule has 0 bridgehead atoms. The van der Waals surface area contributed by atoms with Gasteiger partial charge in [-0.05, 0) is 63.4 Å². The minimum Gasteiger partial charge on any atom is -0.360 e. The molecule has 0 radical (unpaired) electrons. The number of aromatic nitrogens is 3. The molecule has 1 saturated heterocycles. The SMILES string of the molecule is Cc1ccc(-n2nc(N3CCCN(S(=O)(=O)c4c(C)noc4C)CC3)ccc2=O)cc1C. The number of rotatable bonds is 4. The molecule has 0 amide bonds. The van der Waals surface area contributed by atoms with Crippen molar-refractivity contribution in [3.63, 3.8) is 0 Å². The van der Waals surface area contributed by atoms with Gasteiger partial charge in [0, 0.05) is 32.2 Å². The summed E-state index contributed by atoms with van der Waals surface area (Å²) in [5, 5.41) is 8.37. The third-order valence-electron chi connectivity index (χ3n) is 5.87. The van der Waals surface area contributed by atoms with E-state index in [0.29, 0.717) is 55.6 Å². The van der Waals surface area contributed by atoms with Gasteiger partial charge in [0.15, 0.2) is 5.76 Å². The minimum atomic E-state index is -3.70. The Bertz CT molecular complexity index is 1290. The van der Waals surface area contributed by atoms with Crippen LogP contribution in [-0.2, 0) is 10.0 Å². The molecule has 0 atom stereocenters. The molecule has 4 rings (SSSR count). The highest BCUT2D eigenvalue weighted by Crippen LogP contribution is 2.25. The van der Waals surface area contributed by atoms with Crippen LogP contribution in [0.15, 0.2) is 44.5 Å². The molecule has 1 aliphatic heterocycles. The maximum atomic E-state index is 13.2. The average Bonchev–Trinajstić information content (AvgIpc) is 2.94. The first kappa shape index (κ1) is 22.2. The summed E-state index contributed by atoms with van der Waals surface area (Å²) < 4.78 is 34.3. The summed E-state index contributed by atoms with van der Waals surface area (Å²) in [6.07, 6.45) is 0.632. The fraction of sp³-hybridized carbons (Fsp3) is 0.409. The van der Waals surface area contributed by atoms with Crippen LogP contribution in [0.3, 0.4) is 0 Å². The van der Waals surface area contributed by atoms with Gasteiger partial charge in [0.25, 0.3) is 5.56 Å². The quantitative estimate of drug-likeness (QED) is 0.593. The molecule has 1 aromatic carbocycles. The lowest BCUT2D eigenvalue weighted by atomic mass is 10.1. The zero-order chi connectivity index (χ0) is 23.0. The van der Waals surface area contributed by atoms with Crippen molar-refractivity contribution in [1.82, 2.24) is 19.2 Å². The average molecular weight is 458 g/mol. The van der Waals surface area contributed by atoms with Crippen LogP contribution in [0.5, 0.6) is 0 Å². The zero-order valence-corrected chi connectivity index (χ0v) is 19.5. The van der Waals surface area contributed by atoms with Crippen LogP contribution in [0.2, 0.25) is 0 Å². The van der Waals surface area contributed by atoms with Crippen LogP contribution in [0.25, 0.3) is 5.69 Å². The Kier molecular flexibility index (Phi) is 5.91. The third kappa shape index (κ3) is 4.07. The second kappa shape index (κ2) is 8.51. The number of aryl methyl sites for hydroxylation is 4. The van der Waals surface area contributed by atoms with Gasteiger partial charge in [-0.25, -0.2) is 8.42 Å². The standard InChI is InChI=1S/C22H27N5O4S/c1-15-6-7-19(14-16(15)2)27-21(28)9-8-20(23-27)25-10-5-11-26(13-12-25)32(29,30)22-17(3)24-31-18(22)4/h6-9,14H,5,10-13H2,1-4H3. The van der Waals surface area contributed by atoms with E-state index in [9.17, 15) is 13.2 Å². The Labute approximate surface area is 187 Å². The third-order valence-corrected chi connectivity index (χ3v) is 8.01. The van der Waals surface area contributed by atoms with Crippen LogP contribution in [-0.4, -0.2) is 53.8 Å². The number of hydrogen-bond donors (Lipinski definition) is 0. The molecule has 1 fully saturated rings. The number of sulfonamides is 1. The van der Waals surface area contributed by atoms with E-state index in [1.54, 1.807) is 19.9 Å². The smallest absolute Gasteiger partial charge is 0.271 e. The van der Waals surface area contributed by atoms with E-state index in [2.05, 4.69) is 10.3 Å². The van der Waals surface area contributed by atoms with Gasteiger partial charge in [-0.1, -0.05) is 11.2 Å². The topological polar surface area (TPSA) is 102 Å². The molecule has 10 heteroatoms. The summed E-state index contributed by atoms with van der Waals surface area (Å²) in [6, 6.07) is 8.97. The lowest BCUT2D eigenvalue weighted by Gasteiger charge is -2.23. The van der Waals surface area contributed by atoms with Gasteiger partial charge in [0.05, 0.1) is 5.69 Å². The van der Waals surface area contributed by atoms with Gasteiger partial charge in [0.2, 0.25) is 10.0 Å². The van der Waals surface area contributed by atoms with E-state index >= 15 is 0 Å². The summed E-state index contributed by atoms with van der Waals surface area (Å²) in [7, 11) is -3.70. The van der Waals surface area contributed by atoms with Crippen molar-refractivity contribution in [2.45, 2.75) is 39.0 Å². The van der Waals surface area contributed by atoms with E-state index in [-0.39, 0.29) is 10.5 Å². The van der Waals surface area contributed by atoms with Crippen molar-refractivity contribution in [3.05, 3.63) is 63.3 Å². The molecule has 1 aliphatic rings. The molecule has 3 heterocycles. The van der Waals surface area contributed by atoms with Crippen LogP contribution in [0.1, 0.15) is 29.0 Å². The molecule has 3 aromatic rings. The Morgan fingerprint density at radius 1 is 0.938 bits per heavy atom. The first-order valence-electron chi connectivity index (χ1n) is 10.5. The van der Waals surface area contributed by atoms with Gasteiger partial charge < -0.3 is 9.42 Å². The molecule has 9 nitrogen and oxygen atoms in total. The molecule has 0 spiro atoms. The summed E-state index contributed by atoms with van der Waals surface area (Å²) >= 11 is 0. The maximum absolute atomic E-state index is 13.2. The summed E-state index contributed by atoms with van der Waals surface area (Å²) in [5.41, 5.74) is 3.08. The zero-order valence-electron chi connectivity index (χ0n) is 18.7. The molecule has 0 N–H and O–H groups in total. The fourth-order valence-corrected chi connectivity index (χ4v) is 5.71. The maximum Gasteiger partial charge on any atom is 0.271 e. The van der Waals surface area contributed by atoms with Crippen molar-refractivity contribution in [2.75, 3.05) is 31.1 Å². The van der Waals surface area contributed by atoms with Crippen LogP contribution >= 0.6 is 0 Å². The molecule has 0 unspecified atom stereocenters. The summed E-state index contributed by atoms with van der Waals surface area (Å²) in [5.74, 6) is 0.935. The normalized spacial score (nSPS) is 15.7. The van der Waals surface area contributed by atoms with E-state index in [1.165, 1.54) is 15.1 Å². The Morgan fingerprint density at radius 3 is 2.41 bits per heavy atom. The lowest BCUT2D eigenvalue weighted by molar-refractivity contribution is 0.389. The minimum absolute atomic E-state index is 0.146. The Morgan fingerprint density at radius 2 is 1.72 bits per heavy atom. The van der Waals surface area contributed by atoms with Crippen molar-refractivity contribution in [2.24, 2.45) is 0 Å². The largest absolute Gasteiger partial charge is 0.360 e. The highest BCUT2D eigenvalue weighted by atomic mass is 32.2. The van der Waals surface area contributed by atoms with Gasteiger partial charge in [-0.2, -0.15) is 8.99 Å². The van der Waals surface area contributed by atoms with Crippen molar-refractivity contribution < 1.29 is 12.9 Å². The number of benzene rings is 1. The highest BCUT2D eigenvalue weighted by Gasteiger charge is 2.32. The van der Waals surface area contributed by atoms with Crippen molar-refractivity contribution in [3.8, 4) is 5.69 Å². The number of anilines is 1. The van der Waals surface area contributed by atoms with Gasteiger partial charge >= 0.3 is 0 Å². The molecule has 32 heavy (non-hydrogen) atoms. The lowest BCUT2D eigenvalue weighted by Crippen LogP contribution is -2.36. The van der Waals surface area contributed by atoms with Crippen molar-refractivity contribution in [1.29, 1.82) is 0 Å².